The van der Waals surface area contributed by atoms with E-state index in [1.54, 1.807) is 40.9 Å². The monoisotopic (exact) mass is 396 g/mol. The number of rotatable bonds is 8. The van der Waals surface area contributed by atoms with Gasteiger partial charge in [-0.25, -0.2) is 9.37 Å². The molecule has 2 aromatic heterocycles. The Morgan fingerprint density at radius 2 is 1.76 bits per heavy atom. The lowest BCUT2D eigenvalue weighted by Gasteiger charge is -2.06. The van der Waals surface area contributed by atoms with E-state index in [-0.39, 0.29) is 29.1 Å². The first-order chi connectivity index (χ1) is 14.0. The van der Waals surface area contributed by atoms with Crippen LogP contribution >= 0.6 is 0 Å². The maximum Gasteiger partial charge on any atom is 0.287 e. The van der Waals surface area contributed by atoms with Gasteiger partial charge in [0.05, 0.1) is 5.52 Å². The molecule has 0 spiro atoms. The Hall–Kier alpha value is -3.22. The molecule has 0 saturated heterocycles. The van der Waals surface area contributed by atoms with Crippen LogP contribution in [0.15, 0.2) is 48.7 Å². The van der Waals surface area contributed by atoms with E-state index in [4.69, 9.17) is 0 Å². The first kappa shape index (κ1) is 20.5. The molecule has 0 fully saturated rings. The number of aromatic nitrogens is 2. The normalized spacial score (nSPS) is 11.0. The van der Waals surface area contributed by atoms with Gasteiger partial charge < -0.3 is 10.6 Å². The van der Waals surface area contributed by atoms with Crippen molar-refractivity contribution in [1.29, 1.82) is 0 Å². The molecule has 0 unspecified atom stereocenters. The summed E-state index contributed by atoms with van der Waals surface area (Å²) in [5, 5.41) is 5.68. The van der Waals surface area contributed by atoms with Gasteiger partial charge in [-0.15, -0.1) is 0 Å². The summed E-state index contributed by atoms with van der Waals surface area (Å²) in [6.45, 7) is 5.11. The molecule has 0 aliphatic heterocycles. The highest BCUT2D eigenvalue weighted by Crippen LogP contribution is 2.13. The summed E-state index contributed by atoms with van der Waals surface area (Å²) in [5.74, 6) is -0.279. The molecule has 3 rings (SSSR count). The average molecular weight is 396 g/mol. The van der Waals surface area contributed by atoms with Crippen LogP contribution in [0.4, 0.5) is 4.39 Å². The highest BCUT2D eigenvalue weighted by molar-refractivity contribution is 6.02. The Kier molecular flexibility index (Phi) is 6.59. The number of halogens is 1. The molecule has 2 amide bonds. The first-order valence-corrected chi connectivity index (χ1v) is 9.73. The molecule has 0 saturated carbocycles. The first-order valence-electron chi connectivity index (χ1n) is 9.73. The van der Waals surface area contributed by atoms with Crippen molar-refractivity contribution in [3.05, 3.63) is 71.6 Å². The number of nitrogens with one attached hydrogen (secondary N) is 2. The van der Waals surface area contributed by atoms with E-state index >= 15 is 0 Å². The SMILES string of the molecule is CC(C)CCNC(=O)c1nc(C(=O)NCCc2ccc(F)cc2)c2ccccn12. The van der Waals surface area contributed by atoms with Crippen LogP contribution < -0.4 is 10.6 Å². The Morgan fingerprint density at radius 1 is 1.03 bits per heavy atom. The lowest BCUT2D eigenvalue weighted by atomic mass is 10.1. The Morgan fingerprint density at radius 3 is 2.48 bits per heavy atom. The van der Waals surface area contributed by atoms with Gasteiger partial charge in [-0.1, -0.05) is 32.0 Å². The molecule has 0 bridgehead atoms. The van der Waals surface area contributed by atoms with E-state index in [1.165, 1.54) is 12.1 Å². The van der Waals surface area contributed by atoms with Crippen LogP contribution in [0, 0.1) is 11.7 Å². The molecule has 3 aromatic rings. The van der Waals surface area contributed by atoms with E-state index in [0.717, 1.165) is 12.0 Å². The fraction of sp³-hybridized carbons (Fsp3) is 0.318. The highest BCUT2D eigenvalue weighted by Gasteiger charge is 2.21. The van der Waals surface area contributed by atoms with Crippen LogP contribution in [-0.4, -0.2) is 34.3 Å². The van der Waals surface area contributed by atoms with Crippen molar-refractivity contribution < 1.29 is 14.0 Å². The summed E-state index contributed by atoms with van der Waals surface area (Å²) in [7, 11) is 0. The standard InChI is InChI=1S/C22H25FN4O2/c1-15(2)10-12-25-22(29)20-26-19(18-5-3-4-14-27(18)20)21(28)24-13-11-16-6-8-17(23)9-7-16/h3-9,14-15H,10-13H2,1-2H3,(H,24,28)(H,25,29). The number of nitrogens with zero attached hydrogens (tertiary/aromatic N) is 2. The van der Waals surface area contributed by atoms with Gasteiger partial charge in [-0.05, 0) is 48.6 Å². The van der Waals surface area contributed by atoms with Gasteiger partial charge in [0.15, 0.2) is 5.69 Å². The minimum absolute atomic E-state index is 0.188. The second kappa shape index (κ2) is 9.32. The van der Waals surface area contributed by atoms with Crippen molar-refractivity contribution in [1.82, 2.24) is 20.0 Å². The van der Waals surface area contributed by atoms with Gasteiger partial charge in [0.1, 0.15) is 5.82 Å². The topological polar surface area (TPSA) is 75.5 Å². The van der Waals surface area contributed by atoms with Crippen LogP contribution in [0.5, 0.6) is 0 Å². The molecule has 0 aliphatic rings. The number of benzene rings is 1. The minimum Gasteiger partial charge on any atom is -0.350 e. The molecule has 1 aromatic carbocycles. The predicted molar refractivity (Wildman–Crippen MR) is 109 cm³/mol. The third-order valence-corrected chi connectivity index (χ3v) is 4.59. The quantitative estimate of drug-likeness (QED) is 0.614. The molecule has 0 radical (unpaired) electrons. The zero-order valence-electron chi connectivity index (χ0n) is 16.6. The molecule has 29 heavy (non-hydrogen) atoms. The van der Waals surface area contributed by atoms with Gasteiger partial charge in [0.2, 0.25) is 5.82 Å². The molecular formula is C22H25FN4O2. The number of carbonyl (C=O) groups excluding carboxylic acids is 2. The zero-order valence-corrected chi connectivity index (χ0v) is 16.6. The number of amides is 2. The summed E-state index contributed by atoms with van der Waals surface area (Å²) in [5.41, 5.74) is 1.70. The predicted octanol–water partition coefficient (Wildman–Crippen LogP) is 3.22. The number of pyridine rings is 1. The number of hydrogen-bond donors (Lipinski definition) is 2. The molecule has 2 N–H and O–H groups in total. The van der Waals surface area contributed by atoms with E-state index in [9.17, 15) is 14.0 Å². The van der Waals surface area contributed by atoms with Gasteiger partial charge in [-0.2, -0.15) is 0 Å². The van der Waals surface area contributed by atoms with Crippen molar-refractivity contribution in [2.45, 2.75) is 26.7 Å². The van der Waals surface area contributed by atoms with E-state index in [1.807, 2.05) is 0 Å². The van der Waals surface area contributed by atoms with Gasteiger partial charge in [-0.3, -0.25) is 14.0 Å². The summed E-state index contributed by atoms with van der Waals surface area (Å²) < 4.78 is 14.6. The van der Waals surface area contributed by atoms with Crippen molar-refractivity contribution >= 4 is 17.3 Å². The molecule has 0 atom stereocenters. The Balaban J connectivity index is 1.70. The second-order valence-corrected chi connectivity index (χ2v) is 7.31. The Labute approximate surface area is 169 Å². The lowest BCUT2D eigenvalue weighted by molar-refractivity contribution is 0.0941. The maximum absolute atomic E-state index is 13.0. The van der Waals surface area contributed by atoms with Crippen LogP contribution in [0.2, 0.25) is 0 Å². The van der Waals surface area contributed by atoms with Gasteiger partial charge >= 0.3 is 0 Å². The summed E-state index contributed by atoms with van der Waals surface area (Å²) in [4.78, 5) is 29.5. The van der Waals surface area contributed by atoms with Crippen molar-refractivity contribution in [2.75, 3.05) is 13.1 Å². The third kappa shape index (κ3) is 5.19. The minimum atomic E-state index is -0.350. The second-order valence-electron chi connectivity index (χ2n) is 7.31. The van der Waals surface area contributed by atoms with Crippen molar-refractivity contribution in [2.24, 2.45) is 5.92 Å². The Bertz CT molecular complexity index is 996. The molecule has 0 aliphatic carbocycles. The summed E-state index contributed by atoms with van der Waals surface area (Å²) in [6.07, 6.45) is 3.15. The van der Waals surface area contributed by atoms with E-state index in [2.05, 4.69) is 29.5 Å². The largest absolute Gasteiger partial charge is 0.350 e. The lowest BCUT2D eigenvalue weighted by Crippen LogP contribution is -2.28. The van der Waals surface area contributed by atoms with Crippen LogP contribution in [0.3, 0.4) is 0 Å². The number of carbonyl (C=O) groups is 2. The smallest absolute Gasteiger partial charge is 0.287 e. The average Bonchev–Trinajstić information content (AvgIpc) is 3.09. The number of hydrogen-bond acceptors (Lipinski definition) is 3. The van der Waals surface area contributed by atoms with E-state index in [0.29, 0.717) is 30.9 Å². The fourth-order valence-electron chi connectivity index (χ4n) is 2.97. The van der Waals surface area contributed by atoms with Crippen molar-refractivity contribution in [3.63, 3.8) is 0 Å². The molecule has 7 heteroatoms. The van der Waals surface area contributed by atoms with Crippen LogP contribution in [0.25, 0.3) is 5.52 Å². The summed E-state index contributed by atoms with van der Waals surface area (Å²) in [6, 6.07) is 11.5. The third-order valence-electron chi connectivity index (χ3n) is 4.59. The van der Waals surface area contributed by atoms with Gasteiger partial charge in [0.25, 0.3) is 11.8 Å². The van der Waals surface area contributed by atoms with Crippen LogP contribution in [0.1, 0.15) is 46.9 Å². The highest BCUT2D eigenvalue weighted by atomic mass is 19.1. The van der Waals surface area contributed by atoms with Crippen molar-refractivity contribution in [3.8, 4) is 0 Å². The molecule has 2 heterocycles. The summed E-state index contributed by atoms with van der Waals surface area (Å²) >= 11 is 0. The molecule has 6 nitrogen and oxygen atoms in total. The van der Waals surface area contributed by atoms with Crippen LogP contribution in [-0.2, 0) is 6.42 Å². The maximum atomic E-state index is 13.0. The number of fused-ring (bicyclic) bond motifs is 1. The molecular weight excluding hydrogens is 371 g/mol. The number of imidazole rings is 1. The fourth-order valence-corrected chi connectivity index (χ4v) is 2.97. The van der Waals surface area contributed by atoms with E-state index < -0.39 is 0 Å². The zero-order chi connectivity index (χ0) is 20.8. The van der Waals surface area contributed by atoms with Gasteiger partial charge in [0, 0.05) is 19.3 Å². The molecule has 152 valence electrons.